The fraction of sp³-hybridized carbons (Fsp3) is 0.511. The van der Waals surface area contributed by atoms with Crippen molar-refractivity contribution in [1.29, 1.82) is 0 Å². The highest BCUT2D eigenvalue weighted by Gasteiger charge is 2.21. The number of benzene rings is 3. The highest BCUT2D eigenvalue weighted by molar-refractivity contribution is 5.89. The van der Waals surface area contributed by atoms with E-state index in [1.165, 1.54) is 49.6 Å². The van der Waals surface area contributed by atoms with Crippen LogP contribution in [0.25, 0.3) is 0 Å². The second-order valence-corrected chi connectivity index (χ2v) is 14.1. The summed E-state index contributed by atoms with van der Waals surface area (Å²) >= 11 is 0. The Hall–Kier alpha value is -4.43. The molecule has 4 rings (SSSR count). The van der Waals surface area contributed by atoms with Gasteiger partial charge in [0, 0.05) is 37.6 Å². The molecule has 8 heteroatoms. The van der Waals surface area contributed by atoms with Gasteiger partial charge in [-0.05, 0) is 118 Å². The summed E-state index contributed by atoms with van der Waals surface area (Å²) in [6.07, 6.45) is 15.9. The van der Waals surface area contributed by atoms with Crippen molar-refractivity contribution in [3.63, 3.8) is 0 Å². The summed E-state index contributed by atoms with van der Waals surface area (Å²) in [7, 11) is 3.13. The Kier molecular flexibility index (Phi) is 21.6. The predicted molar refractivity (Wildman–Crippen MR) is 229 cm³/mol. The quantitative estimate of drug-likeness (QED) is 0.0691. The molecule has 0 aromatic heterocycles. The zero-order chi connectivity index (χ0) is 39.7. The number of para-hydroxylation sites is 1. The van der Waals surface area contributed by atoms with Crippen LogP contribution in [0.5, 0.6) is 11.5 Å². The van der Waals surface area contributed by atoms with Crippen LogP contribution in [0.3, 0.4) is 0 Å². The van der Waals surface area contributed by atoms with E-state index in [-0.39, 0.29) is 5.97 Å². The topological polar surface area (TPSA) is 81.3 Å². The molecule has 2 N–H and O–H groups in total. The molecule has 3 aromatic rings. The molecule has 8 nitrogen and oxygen atoms in total. The molecule has 0 atom stereocenters. The maximum absolute atomic E-state index is 11.8. The minimum Gasteiger partial charge on any atom is -0.495 e. The van der Waals surface area contributed by atoms with E-state index in [1.807, 2.05) is 12.1 Å². The molecule has 0 amide bonds. The molecule has 0 unspecified atom stereocenters. The van der Waals surface area contributed by atoms with Crippen LogP contribution in [-0.2, 0) is 15.9 Å². The Morgan fingerprint density at radius 2 is 1.53 bits per heavy atom. The number of carbonyl (C=O) groups excluding carboxylic acids is 1. The van der Waals surface area contributed by atoms with Crippen LogP contribution in [0, 0.1) is 6.92 Å². The first-order valence-electron chi connectivity index (χ1n) is 20.7. The van der Waals surface area contributed by atoms with Gasteiger partial charge < -0.3 is 34.5 Å². The number of esters is 1. The van der Waals surface area contributed by atoms with Crippen molar-refractivity contribution in [1.82, 2.24) is 4.90 Å². The fourth-order valence-electron chi connectivity index (χ4n) is 6.26. The van der Waals surface area contributed by atoms with Crippen LogP contribution in [0.2, 0.25) is 0 Å². The van der Waals surface area contributed by atoms with E-state index in [0.717, 1.165) is 106 Å². The number of hydrogen-bond acceptors (Lipinski definition) is 8. The fourth-order valence-corrected chi connectivity index (χ4v) is 6.26. The van der Waals surface area contributed by atoms with Gasteiger partial charge >= 0.3 is 5.97 Å². The number of nitrogens with zero attached hydrogens (tertiary/aromatic N) is 1. The van der Waals surface area contributed by atoms with Gasteiger partial charge in [0.2, 0.25) is 0 Å². The zero-order valence-corrected chi connectivity index (χ0v) is 34.9. The van der Waals surface area contributed by atoms with Gasteiger partial charge in [-0.25, -0.2) is 4.79 Å². The summed E-state index contributed by atoms with van der Waals surface area (Å²) in [6.45, 7) is 15.1. The molecule has 55 heavy (non-hydrogen) atoms. The first-order valence-corrected chi connectivity index (χ1v) is 20.7. The molecule has 1 aliphatic rings. The summed E-state index contributed by atoms with van der Waals surface area (Å²) in [5.74, 6) is 2.18. The highest BCUT2D eigenvalue weighted by atomic mass is 16.5. The van der Waals surface area contributed by atoms with Gasteiger partial charge in [0.15, 0.2) is 0 Å². The molecule has 302 valence electrons. The molecule has 0 spiro atoms. The van der Waals surface area contributed by atoms with Crippen molar-refractivity contribution in [3.05, 3.63) is 107 Å². The molecule has 0 bridgehead atoms. The SMILES string of the molecule is CCCC/C=C(/Nc1ccccc1C)Nc1ccc(CC(=C2CCC2)N(CCC)CCOc2ccc(C(=O)OC)cc2)cc1OC.CCCCCOCCC. The number of rotatable bonds is 24. The second-order valence-electron chi connectivity index (χ2n) is 14.1. The summed E-state index contributed by atoms with van der Waals surface area (Å²) < 4.78 is 22.1. The molecule has 1 aliphatic carbocycles. The number of allylic oxidation sites excluding steroid dienone is 3. The number of carbonyl (C=O) groups is 1. The number of ether oxygens (including phenoxy) is 4. The van der Waals surface area contributed by atoms with Gasteiger partial charge in [-0.2, -0.15) is 0 Å². The Morgan fingerprint density at radius 3 is 2.16 bits per heavy atom. The van der Waals surface area contributed by atoms with Gasteiger partial charge in [0.25, 0.3) is 0 Å². The van der Waals surface area contributed by atoms with E-state index in [2.05, 4.69) is 98.7 Å². The maximum Gasteiger partial charge on any atom is 0.337 e. The van der Waals surface area contributed by atoms with E-state index in [1.54, 1.807) is 24.8 Å². The maximum atomic E-state index is 11.8. The Labute approximate surface area is 332 Å². The largest absolute Gasteiger partial charge is 0.495 e. The molecule has 0 radical (unpaired) electrons. The van der Waals surface area contributed by atoms with E-state index in [0.29, 0.717) is 12.2 Å². The van der Waals surface area contributed by atoms with Gasteiger partial charge in [-0.15, -0.1) is 0 Å². The second kappa shape index (κ2) is 26.4. The number of anilines is 2. The van der Waals surface area contributed by atoms with Crippen LogP contribution in [0.15, 0.2) is 89.9 Å². The summed E-state index contributed by atoms with van der Waals surface area (Å²) in [6, 6.07) is 22.0. The lowest BCUT2D eigenvalue weighted by Gasteiger charge is -2.33. The minimum atomic E-state index is -0.347. The van der Waals surface area contributed by atoms with Gasteiger partial charge in [0.1, 0.15) is 23.9 Å². The molecular formula is C47H69N3O5. The lowest BCUT2D eigenvalue weighted by atomic mass is 9.88. The zero-order valence-electron chi connectivity index (χ0n) is 34.9. The lowest BCUT2D eigenvalue weighted by Crippen LogP contribution is -2.31. The molecular weight excluding hydrogens is 687 g/mol. The van der Waals surface area contributed by atoms with Crippen molar-refractivity contribution in [2.75, 3.05) is 57.8 Å². The lowest BCUT2D eigenvalue weighted by molar-refractivity contribution is 0.0600. The average molecular weight is 756 g/mol. The van der Waals surface area contributed by atoms with Gasteiger partial charge in [0.05, 0.1) is 32.0 Å². The van der Waals surface area contributed by atoms with Crippen molar-refractivity contribution >= 4 is 17.3 Å². The number of nitrogens with one attached hydrogen (secondary N) is 2. The molecule has 0 heterocycles. The predicted octanol–water partition coefficient (Wildman–Crippen LogP) is 11.7. The Morgan fingerprint density at radius 1 is 0.782 bits per heavy atom. The number of methoxy groups -OCH3 is 2. The summed E-state index contributed by atoms with van der Waals surface area (Å²) in [4.78, 5) is 14.3. The van der Waals surface area contributed by atoms with Crippen molar-refractivity contribution in [2.45, 2.75) is 112 Å². The van der Waals surface area contributed by atoms with E-state index >= 15 is 0 Å². The normalized spacial score (nSPS) is 12.2. The number of aryl methyl sites for hydroxylation is 1. The highest BCUT2D eigenvalue weighted by Crippen LogP contribution is 2.34. The van der Waals surface area contributed by atoms with Gasteiger partial charge in [-0.3, -0.25) is 0 Å². The van der Waals surface area contributed by atoms with E-state index < -0.39 is 0 Å². The van der Waals surface area contributed by atoms with Crippen LogP contribution in [0.1, 0.15) is 120 Å². The summed E-state index contributed by atoms with van der Waals surface area (Å²) in [5.41, 5.74) is 7.90. The summed E-state index contributed by atoms with van der Waals surface area (Å²) in [5, 5.41) is 7.22. The third-order valence-corrected chi connectivity index (χ3v) is 9.61. The molecule has 0 aliphatic heterocycles. The molecule has 1 fully saturated rings. The monoisotopic (exact) mass is 756 g/mol. The molecule has 1 saturated carbocycles. The average Bonchev–Trinajstić information content (AvgIpc) is 3.18. The third kappa shape index (κ3) is 16.1. The van der Waals surface area contributed by atoms with Crippen LogP contribution in [-0.4, -0.2) is 58.0 Å². The molecule has 3 aromatic carbocycles. The Balaban J connectivity index is 0.000000801. The van der Waals surface area contributed by atoms with Crippen LogP contribution >= 0.6 is 0 Å². The number of hydrogen-bond donors (Lipinski definition) is 2. The van der Waals surface area contributed by atoms with Gasteiger partial charge in [-0.1, -0.05) is 76.8 Å². The standard InChI is InChI=1S/C39H51N3O4.C8H18O/c1-6-8-9-17-38(40-34-16-11-10-13-29(34)3)41-35-23-18-30(28-37(35)44-4)27-36(31-14-12-15-31)42(24-7-2)25-26-46-33-21-19-32(20-22-33)39(43)45-5;1-3-5-6-8-9-7-4-2/h10-11,13,16-23,28,40-41H,6-9,12,14-15,24-27H2,1-5H3;3-8H2,1-2H3/b38-17-;. The first kappa shape index (κ1) is 45.0. The number of unbranched alkanes of at least 4 members (excludes halogenated alkanes) is 4. The third-order valence-electron chi connectivity index (χ3n) is 9.61. The van der Waals surface area contributed by atoms with E-state index in [4.69, 9.17) is 18.9 Å². The minimum absolute atomic E-state index is 0.347. The van der Waals surface area contributed by atoms with Crippen LogP contribution < -0.4 is 20.1 Å². The van der Waals surface area contributed by atoms with Crippen molar-refractivity contribution in [3.8, 4) is 11.5 Å². The van der Waals surface area contributed by atoms with E-state index in [9.17, 15) is 4.79 Å². The molecule has 0 saturated heterocycles. The van der Waals surface area contributed by atoms with Crippen molar-refractivity contribution < 1.29 is 23.7 Å². The van der Waals surface area contributed by atoms with Crippen LogP contribution in [0.4, 0.5) is 11.4 Å². The Bertz CT molecular complexity index is 1590. The smallest absolute Gasteiger partial charge is 0.337 e. The van der Waals surface area contributed by atoms with Crippen molar-refractivity contribution in [2.24, 2.45) is 0 Å². The first-order chi connectivity index (χ1) is 26.9.